The van der Waals surface area contributed by atoms with Crippen LogP contribution in [0.5, 0.6) is 0 Å². The summed E-state index contributed by atoms with van der Waals surface area (Å²) >= 11 is 0. The van der Waals surface area contributed by atoms with Crippen molar-refractivity contribution in [1.29, 1.82) is 0 Å². The Morgan fingerprint density at radius 3 is 2.55 bits per heavy atom. The van der Waals surface area contributed by atoms with Gasteiger partial charge in [0.25, 0.3) is 11.6 Å². The molecule has 0 aliphatic heterocycles. The predicted octanol–water partition coefficient (Wildman–Crippen LogP) is 3.76. The van der Waals surface area contributed by atoms with Crippen LogP contribution in [0, 0.1) is 22.9 Å². The normalized spacial score (nSPS) is 11.7. The number of aromatic nitrogens is 2. The third-order valence-corrected chi connectivity index (χ3v) is 4.66. The van der Waals surface area contributed by atoms with Gasteiger partial charge in [0.15, 0.2) is 0 Å². The second-order valence-electron chi connectivity index (χ2n) is 6.51. The minimum absolute atomic E-state index is 0.173. The van der Waals surface area contributed by atoms with Crippen LogP contribution in [0.1, 0.15) is 34.6 Å². The van der Waals surface area contributed by atoms with Crippen LogP contribution in [0.2, 0.25) is 0 Å². The van der Waals surface area contributed by atoms with Gasteiger partial charge in [0.2, 0.25) is 0 Å². The Kier molecular flexibility index (Phi) is 5.58. The van der Waals surface area contributed by atoms with Crippen LogP contribution in [-0.2, 0) is 0 Å². The van der Waals surface area contributed by atoms with Crippen molar-refractivity contribution >= 4 is 17.3 Å². The van der Waals surface area contributed by atoms with E-state index in [1.165, 1.54) is 30.3 Å². The fourth-order valence-electron chi connectivity index (χ4n) is 3.08. The first-order valence-electron chi connectivity index (χ1n) is 8.89. The summed E-state index contributed by atoms with van der Waals surface area (Å²) in [7, 11) is 1.58. The molecule has 0 bridgehead atoms. The first-order valence-corrected chi connectivity index (χ1v) is 8.89. The second kappa shape index (κ2) is 8.09. The molecule has 2 aromatic carbocycles. The molecule has 0 saturated carbocycles. The molecule has 8 nitrogen and oxygen atoms in total. The van der Waals surface area contributed by atoms with Crippen LogP contribution >= 0.6 is 0 Å². The van der Waals surface area contributed by atoms with E-state index < -0.39 is 10.8 Å². The Morgan fingerprint density at radius 1 is 1.24 bits per heavy atom. The van der Waals surface area contributed by atoms with E-state index in [4.69, 9.17) is 0 Å². The summed E-state index contributed by atoms with van der Waals surface area (Å²) in [5.74, 6) is -0.769. The first-order chi connectivity index (χ1) is 13.8. The van der Waals surface area contributed by atoms with Crippen molar-refractivity contribution in [2.24, 2.45) is 0 Å². The Balaban J connectivity index is 1.81. The number of nitro groups is 1. The van der Waals surface area contributed by atoms with Gasteiger partial charge in [0, 0.05) is 29.9 Å². The Bertz CT molecular complexity index is 1060. The van der Waals surface area contributed by atoms with E-state index in [-0.39, 0.29) is 23.1 Å². The number of halogens is 1. The summed E-state index contributed by atoms with van der Waals surface area (Å²) in [6.07, 6.45) is 1.64. The highest BCUT2D eigenvalue weighted by Crippen LogP contribution is 2.26. The number of rotatable bonds is 6. The molecule has 1 atom stereocenters. The van der Waals surface area contributed by atoms with E-state index in [0.717, 1.165) is 11.3 Å². The molecule has 0 aliphatic carbocycles. The van der Waals surface area contributed by atoms with Gasteiger partial charge in [0.1, 0.15) is 11.5 Å². The molecule has 0 unspecified atom stereocenters. The van der Waals surface area contributed by atoms with Crippen LogP contribution in [0.25, 0.3) is 5.69 Å². The van der Waals surface area contributed by atoms with Gasteiger partial charge in [-0.25, -0.2) is 9.07 Å². The van der Waals surface area contributed by atoms with Gasteiger partial charge < -0.3 is 10.6 Å². The number of nitrogens with zero attached hydrogens (tertiary/aromatic N) is 3. The summed E-state index contributed by atoms with van der Waals surface area (Å²) in [5.41, 5.74) is 2.62. The zero-order valence-corrected chi connectivity index (χ0v) is 16.1. The largest absolute Gasteiger partial charge is 0.383 e. The van der Waals surface area contributed by atoms with Crippen molar-refractivity contribution in [2.45, 2.75) is 19.9 Å². The van der Waals surface area contributed by atoms with Gasteiger partial charge in [-0.2, -0.15) is 5.10 Å². The van der Waals surface area contributed by atoms with E-state index >= 15 is 0 Å². The molecule has 1 heterocycles. The fourth-order valence-corrected chi connectivity index (χ4v) is 3.08. The lowest BCUT2D eigenvalue weighted by atomic mass is 10.1. The maximum atomic E-state index is 13.1. The molecule has 3 rings (SSSR count). The van der Waals surface area contributed by atoms with Crippen molar-refractivity contribution in [3.05, 3.63) is 81.4 Å². The zero-order valence-electron chi connectivity index (χ0n) is 16.1. The molecular formula is C20H20FN5O3. The summed E-state index contributed by atoms with van der Waals surface area (Å²) in [6.45, 7) is 3.65. The lowest BCUT2D eigenvalue weighted by Crippen LogP contribution is -2.27. The maximum Gasteiger partial charge on any atom is 0.293 e. The third kappa shape index (κ3) is 4.08. The number of hydrogen-bond acceptors (Lipinski definition) is 5. The molecule has 3 aromatic rings. The molecule has 0 spiro atoms. The molecule has 0 fully saturated rings. The second-order valence-corrected chi connectivity index (χ2v) is 6.51. The molecule has 0 radical (unpaired) electrons. The summed E-state index contributed by atoms with van der Waals surface area (Å²) in [4.78, 5) is 23.3. The van der Waals surface area contributed by atoms with E-state index in [9.17, 15) is 19.3 Å². The topological polar surface area (TPSA) is 102 Å². The molecular weight excluding hydrogens is 377 g/mol. The lowest BCUT2D eigenvalue weighted by molar-refractivity contribution is -0.384. The van der Waals surface area contributed by atoms with E-state index in [1.807, 2.05) is 6.92 Å². The Labute approximate surface area is 166 Å². The average molecular weight is 397 g/mol. The molecule has 1 aromatic heterocycles. The van der Waals surface area contributed by atoms with Crippen LogP contribution in [0.3, 0.4) is 0 Å². The lowest BCUT2D eigenvalue weighted by Gasteiger charge is -2.14. The summed E-state index contributed by atoms with van der Waals surface area (Å²) in [5, 5.41) is 21.1. The van der Waals surface area contributed by atoms with E-state index in [2.05, 4.69) is 15.7 Å². The summed E-state index contributed by atoms with van der Waals surface area (Å²) in [6, 6.07) is 9.80. The van der Waals surface area contributed by atoms with Crippen molar-refractivity contribution < 1.29 is 14.1 Å². The minimum Gasteiger partial charge on any atom is -0.383 e. The molecule has 150 valence electrons. The zero-order chi connectivity index (χ0) is 21.1. The number of carbonyl (C=O) groups excluding carboxylic acids is 1. The number of benzene rings is 2. The van der Waals surface area contributed by atoms with Crippen LogP contribution < -0.4 is 10.6 Å². The molecule has 1 amide bonds. The fraction of sp³-hybridized carbons (Fsp3) is 0.200. The van der Waals surface area contributed by atoms with Gasteiger partial charge in [-0.15, -0.1) is 0 Å². The van der Waals surface area contributed by atoms with E-state index in [0.29, 0.717) is 11.4 Å². The van der Waals surface area contributed by atoms with Crippen LogP contribution in [0.4, 0.5) is 15.8 Å². The van der Waals surface area contributed by atoms with Gasteiger partial charge >= 0.3 is 0 Å². The standard InChI is InChI=1S/C20H20FN5O3/c1-12(17-11-23-25(13(17)2)16-7-5-15(21)6-8-16)24-20(27)14-4-9-18(22-3)19(10-14)26(28)29/h4-12,22H,1-3H3,(H,24,27)/t12-/m0/s1. The number of hydrogen-bond donors (Lipinski definition) is 2. The monoisotopic (exact) mass is 397 g/mol. The predicted molar refractivity (Wildman–Crippen MR) is 107 cm³/mol. The quantitative estimate of drug-likeness (QED) is 0.487. The minimum atomic E-state index is -0.539. The molecule has 9 heteroatoms. The number of nitro benzene ring substituents is 1. The molecule has 0 aliphatic rings. The number of carbonyl (C=O) groups is 1. The maximum absolute atomic E-state index is 13.1. The Morgan fingerprint density at radius 2 is 1.93 bits per heavy atom. The molecule has 2 N–H and O–H groups in total. The highest BCUT2D eigenvalue weighted by Gasteiger charge is 2.20. The van der Waals surface area contributed by atoms with Crippen molar-refractivity contribution in [1.82, 2.24) is 15.1 Å². The highest BCUT2D eigenvalue weighted by molar-refractivity contribution is 5.96. The van der Waals surface area contributed by atoms with Gasteiger partial charge in [-0.3, -0.25) is 14.9 Å². The van der Waals surface area contributed by atoms with Crippen molar-refractivity contribution in [2.75, 3.05) is 12.4 Å². The van der Waals surface area contributed by atoms with Gasteiger partial charge in [0.05, 0.1) is 22.8 Å². The number of amides is 1. The van der Waals surface area contributed by atoms with Gasteiger partial charge in [-0.05, 0) is 50.2 Å². The average Bonchev–Trinajstić information content (AvgIpc) is 3.09. The smallest absolute Gasteiger partial charge is 0.293 e. The number of nitrogens with one attached hydrogen (secondary N) is 2. The van der Waals surface area contributed by atoms with Gasteiger partial charge in [-0.1, -0.05) is 0 Å². The third-order valence-electron chi connectivity index (χ3n) is 4.66. The SMILES string of the molecule is CNc1ccc(C(=O)N[C@@H](C)c2cnn(-c3ccc(F)cc3)c2C)cc1[N+](=O)[O-]. The highest BCUT2D eigenvalue weighted by atomic mass is 19.1. The van der Waals surface area contributed by atoms with Crippen LogP contribution in [0.15, 0.2) is 48.7 Å². The van der Waals surface area contributed by atoms with Crippen molar-refractivity contribution in [3.8, 4) is 5.69 Å². The summed E-state index contributed by atoms with van der Waals surface area (Å²) < 4.78 is 14.8. The number of anilines is 1. The molecule has 0 saturated heterocycles. The van der Waals surface area contributed by atoms with Crippen LogP contribution in [-0.4, -0.2) is 27.7 Å². The Hall–Kier alpha value is -3.75. The van der Waals surface area contributed by atoms with Crippen molar-refractivity contribution in [3.63, 3.8) is 0 Å². The molecule has 29 heavy (non-hydrogen) atoms. The first kappa shape index (κ1) is 20.0. The van der Waals surface area contributed by atoms with E-state index in [1.54, 1.807) is 37.0 Å².